The lowest BCUT2D eigenvalue weighted by atomic mass is 10.0. The van der Waals surface area contributed by atoms with Crippen molar-refractivity contribution < 1.29 is 4.79 Å². The van der Waals surface area contributed by atoms with Gasteiger partial charge >= 0.3 is 0 Å². The number of aromatic nitrogens is 1. The Bertz CT molecular complexity index is 511. The van der Waals surface area contributed by atoms with E-state index in [9.17, 15) is 4.79 Å². The monoisotopic (exact) mass is 288 g/mol. The second-order valence-corrected chi connectivity index (χ2v) is 5.64. The number of hydrogen-bond acceptors (Lipinski definition) is 3. The zero-order valence-electron chi connectivity index (χ0n) is 11.7. The molecule has 1 amide bonds. The molecule has 0 radical (unpaired) electrons. The third-order valence-corrected chi connectivity index (χ3v) is 3.95. The van der Waals surface area contributed by atoms with Crippen molar-refractivity contribution in [3.8, 4) is 0 Å². The fourth-order valence-corrected chi connectivity index (χ4v) is 2.81. The van der Waals surface area contributed by atoms with Gasteiger partial charge in [-0.25, -0.2) is 0 Å². The van der Waals surface area contributed by atoms with Crippen LogP contribution in [-0.4, -0.2) is 10.9 Å². The van der Waals surface area contributed by atoms with Crippen molar-refractivity contribution in [2.75, 3.05) is 0 Å². The number of amides is 1. The molecule has 0 aliphatic carbocycles. The van der Waals surface area contributed by atoms with Gasteiger partial charge in [-0.2, -0.15) is 11.3 Å². The number of thiophene rings is 1. The standard InChI is InChI=1S/C16H20N2OS/c1-2-3-6-15(14-5-4-8-17-11-14)18-16(19)10-13-7-9-20-12-13/h4-5,7-9,11-12,15H,2-3,6,10H2,1H3,(H,18,19). The molecule has 0 saturated heterocycles. The van der Waals surface area contributed by atoms with Crippen molar-refractivity contribution in [2.24, 2.45) is 0 Å². The Kier molecular flexibility index (Phi) is 5.74. The van der Waals surface area contributed by atoms with Crippen molar-refractivity contribution >= 4 is 17.2 Å². The van der Waals surface area contributed by atoms with Crippen molar-refractivity contribution in [2.45, 2.75) is 38.6 Å². The van der Waals surface area contributed by atoms with Crippen molar-refractivity contribution in [1.82, 2.24) is 10.3 Å². The first-order valence-corrected chi connectivity index (χ1v) is 7.94. The SMILES string of the molecule is CCCCC(NC(=O)Cc1ccsc1)c1cccnc1. The number of nitrogens with zero attached hydrogens (tertiary/aromatic N) is 1. The summed E-state index contributed by atoms with van der Waals surface area (Å²) in [5, 5.41) is 7.15. The maximum atomic E-state index is 12.1. The average Bonchev–Trinajstić information content (AvgIpc) is 2.97. The van der Waals surface area contributed by atoms with Crippen LogP contribution in [0.15, 0.2) is 41.4 Å². The first-order valence-electron chi connectivity index (χ1n) is 7.00. The minimum Gasteiger partial charge on any atom is -0.349 e. The Morgan fingerprint density at radius 3 is 3.00 bits per heavy atom. The molecular weight excluding hydrogens is 268 g/mol. The van der Waals surface area contributed by atoms with E-state index in [4.69, 9.17) is 0 Å². The minimum absolute atomic E-state index is 0.0646. The average molecular weight is 288 g/mol. The fourth-order valence-electron chi connectivity index (χ4n) is 2.14. The van der Waals surface area contributed by atoms with E-state index in [1.54, 1.807) is 17.5 Å². The summed E-state index contributed by atoms with van der Waals surface area (Å²) in [5.74, 6) is 0.0772. The summed E-state index contributed by atoms with van der Waals surface area (Å²) in [5.41, 5.74) is 2.16. The first-order chi connectivity index (χ1) is 9.79. The van der Waals surface area contributed by atoms with E-state index in [2.05, 4.69) is 17.2 Å². The van der Waals surface area contributed by atoms with Crippen LogP contribution >= 0.6 is 11.3 Å². The minimum atomic E-state index is 0.0646. The lowest BCUT2D eigenvalue weighted by Crippen LogP contribution is -2.29. The summed E-state index contributed by atoms with van der Waals surface area (Å²) in [7, 11) is 0. The molecule has 2 aromatic rings. The quantitative estimate of drug-likeness (QED) is 0.843. The number of hydrogen-bond donors (Lipinski definition) is 1. The molecule has 0 spiro atoms. The van der Waals surface area contributed by atoms with Gasteiger partial charge < -0.3 is 5.32 Å². The normalized spacial score (nSPS) is 12.1. The predicted molar refractivity (Wildman–Crippen MR) is 82.7 cm³/mol. The smallest absolute Gasteiger partial charge is 0.224 e. The summed E-state index contributed by atoms with van der Waals surface area (Å²) in [4.78, 5) is 16.3. The van der Waals surface area contributed by atoms with Crippen LogP contribution in [0.2, 0.25) is 0 Å². The lowest BCUT2D eigenvalue weighted by molar-refractivity contribution is -0.121. The van der Waals surface area contributed by atoms with E-state index in [-0.39, 0.29) is 11.9 Å². The largest absolute Gasteiger partial charge is 0.349 e. The van der Waals surface area contributed by atoms with Crippen LogP contribution in [0.4, 0.5) is 0 Å². The highest BCUT2D eigenvalue weighted by atomic mass is 32.1. The van der Waals surface area contributed by atoms with Crippen LogP contribution in [0.3, 0.4) is 0 Å². The van der Waals surface area contributed by atoms with Gasteiger partial charge in [-0.1, -0.05) is 25.8 Å². The molecule has 0 aromatic carbocycles. The van der Waals surface area contributed by atoms with Crippen LogP contribution in [0, 0.1) is 0 Å². The zero-order chi connectivity index (χ0) is 14.2. The van der Waals surface area contributed by atoms with Crippen LogP contribution in [0.25, 0.3) is 0 Å². The molecule has 2 rings (SSSR count). The van der Waals surface area contributed by atoms with E-state index in [1.165, 1.54) is 0 Å². The van der Waals surface area contributed by atoms with Crippen LogP contribution in [0.1, 0.15) is 43.4 Å². The van der Waals surface area contributed by atoms with Crippen LogP contribution in [0.5, 0.6) is 0 Å². The maximum absolute atomic E-state index is 12.1. The lowest BCUT2D eigenvalue weighted by Gasteiger charge is -2.18. The third-order valence-electron chi connectivity index (χ3n) is 3.21. The van der Waals surface area contributed by atoms with Gasteiger partial charge in [0, 0.05) is 12.4 Å². The van der Waals surface area contributed by atoms with E-state index in [0.717, 1.165) is 30.4 Å². The van der Waals surface area contributed by atoms with E-state index < -0.39 is 0 Å². The van der Waals surface area contributed by atoms with Gasteiger partial charge in [-0.3, -0.25) is 9.78 Å². The molecule has 2 aromatic heterocycles. The molecule has 3 nitrogen and oxygen atoms in total. The van der Waals surface area contributed by atoms with Gasteiger partial charge in [0.1, 0.15) is 0 Å². The Morgan fingerprint density at radius 2 is 2.35 bits per heavy atom. The molecule has 1 N–H and O–H groups in total. The highest BCUT2D eigenvalue weighted by Crippen LogP contribution is 2.19. The van der Waals surface area contributed by atoms with Crippen molar-refractivity contribution in [1.29, 1.82) is 0 Å². The fraction of sp³-hybridized carbons (Fsp3) is 0.375. The molecule has 0 aliphatic heterocycles. The molecule has 0 saturated carbocycles. The first kappa shape index (κ1) is 14.7. The molecule has 20 heavy (non-hydrogen) atoms. The van der Waals surface area contributed by atoms with Gasteiger partial charge in [0.2, 0.25) is 5.91 Å². The second kappa shape index (κ2) is 7.80. The number of nitrogens with one attached hydrogen (secondary N) is 1. The molecule has 0 aliphatic rings. The molecule has 106 valence electrons. The summed E-state index contributed by atoms with van der Waals surface area (Å²) in [6.45, 7) is 2.16. The molecule has 1 unspecified atom stereocenters. The highest BCUT2D eigenvalue weighted by molar-refractivity contribution is 7.07. The van der Waals surface area contributed by atoms with E-state index >= 15 is 0 Å². The van der Waals surface area contributed by atoms with Crippen molar-refractivity contribution in [3.05, 3.63) is 52.5 Å². The second-order valence-electron chi connectivity index (χ2n) is 4.86. The molecule has 4 heteroatoms. The summed E-state index contributed by atoms with van der Waals surface area (Å²) in [6, 6.07) is 6.00. The van der Waals surface area contributed by atoms with Crippen LogP contribution < -0.4 is 5.32 Å². The molecule has 0 bridgehead atoms. The van der Waals surface area contributed by atoms with Crippen LogP contribution in [-0.2, 0) is 11.2 Å². The molecular formula is C16H20N2OS. The Hall–Kier alpha value is -1.68. The molecule has 1 atom stereocenters. The zero-order valence-corrected chi connectivity index (χ0v) is 12.5. The predicted octanol–water partition coefficient (Wildman–Crippen LogP) is 3.73. The van der Waals surface area contributed by atoms with E-state index in [1.807, 2.05) is 35.2 Å². The Morgan fingerprint density at radius 1 is 1.45 bits per heavy atom. The summed E-state index contributed by atoms with van der Waals surface area (Å²) >= 11 is 1.62. The third kappa shape index (κ3) is 4.46. The summed E-state index contributed by atoms with van der Waals surface area (Å²) in [6.07, 6.45) is 7.22. The van der Waals surface area contributed by atoms with Gasteiger partial charge in [-0.15, -0.1) is 0 Å². The molecule has 0 fully saturated rings. The van der Waals surface area contributed by atoms with Gasteiger partial charge in [-0.05, 0) is 40.4 Å². The Balaban J connectivity index is 1.98. The number of pyridine rings is 1. The maximum Gasteiger partial charge on any atom is 0.224 e. The highest BCUT2D eigenvalue weighted by Gasteiger charge is 2.14. The van der Waals surface area contributed by atoms with E-state index in [0.29, 0.717) is 6.42 Å². The number of carbonyl (C=O) groups is 1. The van der Waals surface area contributed by atoms with Gasteiger partial charge in [0.05, 0.1) is 12.5 Å². The number of carbonyl (C=O) groups excluding carboxylic acids is 1. The van der Waals surface area contributed by atoms with Crippen molar-refractivity contribution in [3.63, 3.8) is 0 Å². The summed E-state index contributed by atoms with van der Waals surface area (Å²) < 4.78 is 0. The topological polar surface area (TPSA) is 42.0 Å². The van der Waals surface area contributed by atoms with Gasteiger partial charge in [0.15, 0.2) is 0 Å². The molecule has 2 heterocycles. The number of unbranched alkanes of at least 4 members (excludes halogenated alkanes) is 1. The number of rotatable bonds is 7. The van der Waals surface area contributed by atoms with Gasteiger partial charge in [0.25, 0.3) is 0 Å². The Labute approximate surface area is 124 Å².